The number of hydrogen-bond donors (Lipinski definition) is 1. The van der Waals surface area contributed by atoms with Crippen molar-refractivity contribution < 1.29 is 4.79 Å². The third-order valence-electron chi connectivity index (χ3n) is 3.40. The molecule has 0 unspecified atom stereocenters. The normalized spacial score (nSPS) is 17.9. The molecule has 2 N–H and O–H groups in total. The van der Waals surface area contributed by atoms with Gasteiger partial charge in [-0.1, -0.05) is 48.5 Å². The molecule has 0 bridgehead atoms. The van der Waals surface area contributed by atoms with Gasteiger partial charge in [0.1, 0.15) is 5.71 Å². The number of hydrazone groups is 1. The topological polar surface area (TPSA) is 58.7 Å². The zero-order valence-corrected chi connectivity index (χ0v) is 10.9. The molecule has 100 valence electrons. The third-order valence-corrected chi connectivity index (χ3v) is 3.40. The first-order valence-electron chi connectivity index (χ1n) is 6.52. The van der Waals surface area contributed by atoms with E-state index < -0.39 is 5.91 Å². The van der Waals surface area contributed by atoms with Gasteiger partial charge in [-0.2, -0.15) is 5.10 Å². The second-order valence-electron chi connectivity index (χ2n) is 4.72. The molecule has 4 nitrogen and oxygen atoms in total. The molecule has 3 rings (SSSR count). The van der Waals surface area contributed by atoms with Crippen LogP contribution in [-0.2, 0) is 4.79 Å². The quantitative estimate of drug-likeness (QED) is 0.926. The highest BCUT2D eigenvalue weighted by Gasteiger charge is 2.31. The van der Waals surface area contributed by atoms with E-state index in [0.29, 0.717) is 12.1 Å². The lowest BCUT2D eigenvalue weighted by Crippen LogP contribution is -2.22. The van der Waals surface area contributed by atoms with Crippen molar-refractivity contribution in [2.75, 3.05) is 5.01 Å². The molecule has 1 amide bonds. The first kappa shape index (κ1) is 12.4. The summed E-state index contributed by atoms with van der Waals surface area (Å²) in [6, 6.07) is 19.9. The second kappa shape index (κ2) is 5.17. The van der Waals surface area contributed by atoms with Crippen molar-refractivity contribution in [2.24, 2.45) is 10.8 Å². The summed E-state index contributed by atoms with van der Waals surface area (Å²) in [5.74, 6) is -0.454. The molecule has 0 aliphatic carbocycles. The van der Waals surface area contributed by atoms with Gasteiger partial charge in [-0.25, -0.2) is 0 Å². The fourth-order valence-corrected chi connectivity index (χ4v) is 2.41. The van der Waals surface area contributed by atoms with Crippen molar-refractivity contribution in [1.82, 2.24) is 0 Å². The summed E-state index contributed by atoms with van der Waals surface area (Å²) < 4.78 is 0. The molecule has 0 spiro atoms. The molecular formula is C16H15N3O. The number of para-hydroxylation sites is 1. The first-order chi connectivity index (χ1) is 9.75. The van der Waals surface area contributed by atoms with E-state index in [2.05, 4.69) is 5.10 Å². The van der Waals surface area contributed by atoms with Crippen molar-refractivity contribution in [1.29, 1.82) is 0 Å². The number of primary amides is 1. The van der Waals surface area contributed by atoms with E-state index in [1.807, 2.05) is 65.7 Å². The predicted octanol–water partition coefficient (Wildman–Crippen LogP) is 2.48. The Balaban J connectivity index is 2.00. The van der Waals surface area contributed by atoms with Gasteiger partial charge in [-0.05, 0) is 17.7 Å². The maximum Gasteiger partial charge on any atom is 0.265 e. The number of carbonyl (C=O) groups excluding carboxylic acids is 1. The Morgan fingerprint density at radius 1 is 1.05 bits per heavy atom. The second-order valence-corrected chi connectivity index (χ2v) is 4.72. The third kappa shape index (κ3) is 2.28. The van der Waals surface area contributed by atoms with Crippen LogP contribution in [0.4, 0.5) is 5.69 Å². The zero-order valence-electron chi connectivity index (χ0n) is 10.9. The van der Waals surface area contributed by atoms with Crippen molar-refractivity contribution >= 4 is 17.3 Å². The van der Waals surface area contributed by atoms with Crippen LogP contribution < -0.4 is 10.7 Å². The molecule has 0 aromatic heterocycles. The van der Waals surface area contributed by atoms with E-state index in [1.54, 1.807) is 0 Å². The van der Waals surface area contributed by atoms with Crippen LogP contribution in [0.25, 0.3) is 0 Å². The number of rotatable bonds is 3. The maximum absolute atomic E-state index is 11.4. The molecule has 1 aliphatic heterocycles. The van der Waals surface area contributed by atoms with Gasteiger partial charge < -0.3 is 5.73 Å². The Hall–Kier alpha value is -2.62. The molecule has 0 fully saturated rings. The predicted molar refractivity (Wildman–Crippen MR) is 79.4 cm³/mol. The van der Waals surface area contributed by atoms with Crippen LogP contribution in [0.2, 0.25) is 0 Å². The monoisotopic (exact) mass is 265 g/mol. The van der Waals surface area contributed by atoms with Crippen LogP contribution in [0, 0.1) is 0 Å². The smallest absolute Gasteiger partial charge is 0.265 e. The van der Waals surface area contributed by atoms with E-state index in [1.165, 1.54) is 0 Å². The fraction of sp³-hybridized carbons (Fsp3) is 0.125. The number of benzene rings is 2. The molecule has 0 radical (unpaired) electrons. The molecule has 1 heterocycles. The summed E-state index contributed by atoms with van der Waals surface area (Å²) >= 11 is 0. The Kier molecular flexibility index (Phi) is 3.21. The molecule has 20 heavy (non-hydrogen) atoms. The molecule has 0 saturated carbocycles. The van der Waals surface area contributed by atoms with Gasteiger partial charge in [0.15, 0.2) is 0 Å². The molecule has 0 saturated heterocycles. The van der Waals surface area contributed by atoms with E-state index in [-0.39, 0.29) is 6.04 Å². The number of hydrogen-bond acceptors (Lipinski definition) is 3. The summed E-state index contributed by atoms with van der Waals surface area (Å²) in [6.07, 6.45) is 0.536. The number of anilines is 1. The molecule has 1 atom stereocenters. The van der Waals surface area contributed by atoms with Crippen molar-refractivity contribution in [2.45, 2.75) is 12.5 Å². The van der Waals surface area contributed by atoms with Crippen LogP contribution in [0.1, 0.15) is 18.0 Å². The van der Waals surface area contributed by atoms with Gasteiger partial charge in [-0.15, -0.1) is 0 Å². The van der Waals surface area contributed by atoms with Gasteiger partial charge in [0.25, 0.3) is 5.91 Å². The molecular weight excluding hydrogens is 250 g/mol. The van der Waals surface area contributed by atoms with Crippen molar-refractivity contribution in [3.05, 3.63) is 66.2 Å². The average Bonchev–Trinajstić information content (AvgIpc) is 2.94. The van der Waals surface area contributed by atoms with E-state index >= 15 is 0 Å². The standard InChI is InChI=1S/C16H15N3O/c17-16(20)14-11-15(12-7-3-1-4-8-12)19(18-14)13-9-5-2-6-10-13/h1-10,15H,11H2,(H2,17,20)/t15-/m0/s1. The largest absolute Gasteiger partial charge is 0.364 e. The average molecular weight is 265 g/mol. The van der Waals surface area contributed by atoms with Crippen LogP contribution in [-0.4, -0.2) is 11.6 Å². The summed E-state index contributed by atoms with van der Waals surface area (Å²) in [4.78, 5) is 11.4. The highest BCUT2D eigenvalue weighted by atomic mass is 16.1. The molecule has 2 aromatic rings. The zero-order chi connectivity index (χ0) is 13.9. The number of carbonyl (C=O) groups is 1. The highest BCUT2D eigenvalue weighted by molar-refractivity contribution is 6.39. The number of nitrogens with zero attached hydrogens (tertiary/aromatic N) is 2. The lowest BCUT2D eigenvalue weighted by atomic mass is 10.0. The van der Waals surface area contributed by atoms with Crippen LogP contribution in [0.5, 0.6) is 0 Å². The Morgan fingerprint density at radius 2 is 1.65 bits per heavy atom. The van der Waals surface area contributed by atoms with Crippen LogP contribution >= 0.6 is 0 Å². The lowest BCUT2D eigenvalue weighted by molar-refractivity contribution is -0.112. The van der Waals surface area contributed by atoms with Gasteiger partial charge in [0, 0.05) is 6.42 Å². The van der Waals surface area contributed by atoms with E-state index in [9.17, 15) is 4.79 Å². The first-order valence-corrected chi connectivity index (χ1v) is 6.52. The minimum absolute atomic E-state index is 0.0149. The molecule has 1 aliphatic rings. The Morgan fingerprint density at radius 3 is 2.25 bits per heavy atom. The Labute approximate surface area is 117 Å². The van der Waals surface area contributed by atoms with E-state index in [4.69, 9.17) is 5.73 Å². The molecule has 2 aromatic carbocycles. The van der Waals surface area contributed by atoms with Gasteiger partial charge in [0.05, 0.1) is 11.7 Å². The van der Waals surface area contributed by atoms with Gasteiger partial charge in [0.2, 0.25) is 0 Å². The number of amides is 1. The van der Waals surface area contributed by atoms with Gasteiger partial charge >= 0.3 is 0 Å². The minimum Gasteiger partial charge on any atom is -0.364 e. The Bertz CT molecular complexity index is 637. The van der Waals surface area contributed by atoms with Crippen molar-refractivity contribution in [3.8, 4) is 0 Å². The minimum atomic E-state index is -0.454. The maximum atomic E-state index is 11.4. The summed E-state index contributed by atoms with van der Waals surface area (Å²) in [5, 5.41) is 6.26. The summed E-state index contributed by atoms with van der Waals surface area (Å²) in [7, 11) is 0. The summed E-state index contributed by atoms with van der Waals surface area (Å²) in [6.45, 7) is 0. The summed E-state index contributed by atoms with van der Waals surface area (Å²) in [5.41, 5.74) is 7.88. The SMILES string of the molecule is NC(=O)C1=NN(c2ccccc2)[C@H](c2ccccc2)C1. The van der Waals surface area contributed by atoms with Gasteiger partial charge in [-0.3, -0.25) is 9.80 Å². The molecule has 4 heteroatoms. The van der Waals surface area contributed by atoms with E-state index in [0.717, 1.165) is 11.3 Å². The lowest BCUT2D eigenvalue weighted by Gasteiger charge is -2.23. The fourth-order valence-electron chi connectivity index (χ4n) is 2.41. The number of nitrogens with two attached hydrogens (primary N) is 1. The highest BCUT2D eigenvalue weighted by Crippen LogP contribution is 2.34. The van der Waals surface area contributed by atoms with Crippen LogP contribution in [0.15, 0.2) is 65.8 Å². The van der Waals surface area contributed by atoms with Crippen LogP contribution in [0.3, 0.4) is 0 Å². The van der Waals surface area contributed by atoms with Crippen molar-refractivity contribution in [3.63, 3.8) is 0 Å².